The van der Waals surface area contributed by atoms with Crippen molar-refractivity contribution in [1.82, 2.24) is 15.2 Å². The molecule has 0 bridgehead atoms. The summed E-state index contributed by atoms with van der Waals surface area (Å²) in [6, 6.07) is 11.9. The number of rotatable bonds is 7. The van der Waals surface area contributed by atoms with Gasteiger partial charge in [-0.1, -0.05) is 12.1 Å². The topological polar surface area (TPSA) is 94.8 Å². The number of amides is 1. The maximum absolute atomic E-state index is 12.4. The molecule has 1 heterocycles. The van der Waals surface area contributed by atoms with E-state index in [1.165, 1.54) is 13.3 Å². The number of methoxy groups -OCH3 is 1. The Hall–Kier alpha value is -2.98. The number of esters is 1. The molecule has 8 nitrogen and oxygen atoms in total. The molecule has 0 atom stereocenters. The number of nitrogens with one attached hydrogen (secondary N) is 1. The first-order valence-corrected chi connectivity index (χ1v) is 11.0. The van der Waals surface area contributed by atoms with Gasteiger partial charge < -0.3 is 9.47 Å². The van der Waals surface area contributed by atoms with Gasteiger partial charge in [-0.15, -0.1) is 0 Å². The van der Waals surface area contributed by atoms with Crippen molar-refractivity contribution < 1.29 is 19.1 Å². The largest absolute Gasteiger partial charge is 0.493 e. The quantitative estimate of drug-likeness (QED) is 0.199. The molecule has 1 aromatic heterocycles. The van der Waals surface area contributed by atoms with Crippen LogP contribution in [0, 0.1) is 13.8 Å². The molecule has 166 valence electrons. The van der Waals surface area contributed by atoms with E-state index in [1.54, 1.807) is 41.1 Å². The van der Waals surface area contributed by atoms with Crippen LogP contribution in [-0.4, -0.2) is 35.0 Å². The molecule has 32 heavy (non-hydrogen) atoms. The molecule has 1 N–H and O–H groups in total. The van der Waals surface area contributed by atoms with Crippen LogP contribution in [-0.2, 0) is 11.3 Å². The minimum Gasteiger partial charge on any atom is -0.493 e. The number of carbonyl (C=O) groups excluding carboxylic acids is 2. The van der Waals surface area contributed by atoms with Crippen LogP contribution in [0.3, 0.4) is 0 Å². The lowest BCUT2D eigenvalue weighted by Crippen LogP contribution is -2.24. The van der Waals surface area contributed by atoms with E-state index in [4.69, 9.17) is 9.47 Å². The van der Waals surface area contributed by atoms with Crippen molar-refractivity contribution >= 4 is 50.0 Å². The fraction of sp³-hybridized carbons (Fsp3) is 0.182. The Kier molecular flexibility index (Phi) is 7.81. The van der Waals surface area contributed by atoms with Crippen LogP contribution in [0.4, 0.5) is 0 Å². The Morgan fingerprint density at radius 1 is 1.16 bits per heavy atom. The van der Waals surface area contributed by atoms with Gasteiger partial charge in [0.1, 0.15) is 6.54 Å². The van der Waals surface area contributed by atoms with E-state index in [-0.39, 0.29) is 18.2 Å². The third-order valence-corrected chi connectivity index (χ3v) is 6.31. The number of hydrogen-bond donors (Lipinski definition) is 1. The zero-order chi connectivity index (χ0) is 23.3. The number of benzene rings is 2. The van der Waals surface area contributed by atoms with Crippen LogP contribution in [0.5, 0.6) is 11.5 Å². The Morgan fingerprint density at radius 3 is 2.56 bits per heavy atom. The summed E-state index contributed by atoms with van der Waals surface area (Å²) in [6.07, 6.45) is 1.47. The summed E-state index contributed by atoms with van der Waals surface area (Å²) >= 11 is 6.77. The Morgan fingerprint density at radius 2 is 1.91 bits per heavy atom. The van der Waals surface area contributed by atoms with Crippen LogP contribution >= 0.6 is 31.9 Å². The van der Waals surface area contributed by atoms with Crippen LogP contribution < -0.4 is 14.9 Å². The van der Waals surface area contributed by atoms with Gasteiger partial charge in [0, 0.05) is 4.47 Å². The molecule has 2 aromatic carbocycles. The average molecular weight is 564 g/mol. The molecule has 0 aliphatic heterocycles. The molecular formula is C22H20Br2N4O4. The average Bonchev–Trinajstić information content (AvgIpc) is 3.01. The SMILES string of the molecule is COc1cc(/C=N/NC(=O)Cn2nc(C)c(Br)c2C)ccc1OC(=O)c1ccccc1Br. The second-order valence-corrected chi connectivity index (χ2v) is 8.36. The van der Waals surface area contributed by atoms with E-state index in [0.29, 0.717) is 21.3 Å². The van der Waals surface area contributed by atoms with Crippen molar-refractivity contribution in [2.45, 2.75) is 20.4 Å². The molecule has 3 rings (SSSR count). The van der Waals surface area contributed by atoms with E-state index in [9.17, 15) is 9.59 Å². The normalized spacial score (nSPS) is 10.9. The van der Waals surface area contributed by atoms with Crippen LogP contribution in [0.25, 0.3) is 0 Å². The lowest BCUT2D eigenvalue weighted by atomic mass is 10.2. The molecular weight excluding hydrogens is 544 g/mol. The van der Waals surface area contributed by atoms with Crippen molar-refractivity contribution in [2.24, 2.45) is 5.10 Å². The molecule has 0 saturated heterocycles. The summed E-state index contributed by atoms with van der Waals surface area (Å²) in [5, 5.41) is 8.27. The highest BCUT2D eigenvalue weighted by molar-refractivity contribution is 9.10. The maximum Gasteiger partial charge on any atom is 0.344 e. The summed E-state index contributed by atoms with van der Waals surface area (Å²) in [7, 11) is 1.47. The molecule has 3 aromatic rings. The first kappa shape index (κ1) is 23.7. The van der Waals surface area contributed by atoms with Crippen LogP contribution in [0.1, 0.15) is 27.3 Å². The Balaban J connectivity index is 1.64. The predicted octanol–water partition coefficient (Wildman–Crippen LogP) is 4.40. The summed E-state index contributed by atoms with van der Waals surface area (Å²) in [5.41, 5.74) is 5.19. The van der Waals surface area contributed by atoms with Gasteiger partial charge in [-0.25, -0.2) is 10.2 Å². The van der Waals surface area contributed by atoms with Crippen molar-refractivity contribution in [1.29, 1.82) is 0 Å². The number of carbonyl (C=O) groups is 2. The zero-order valence-electron chi connectivity index (χ0n) is 17.6. The summed E-state index contributed by atoms with van der Waals surface area (Å²) in [4.78, 5) is 24.6. The second kappa shape index (κ2) is 10.6. The third-order valence-electron chi connectivity index (χ3n) is 4.47. The number of halogens is 2. The first-order chi connectivity index (χ1) is 15.3. The lowest BCUT2D eigenvalue weighted by molar-refractivity contribution is -0.121. The number of hydrazone groups is 1. The van der Waals surface area contributed by atoms with E-state index < -0.39 is 5.97 Å². The molecule has 0 aliphatic rings. The van der Waals surface area contributed by atoms with Crippen LogP contribution in [0.2, 0.25) is 0 Å². The number of nitrogens with zero attached hydrogens (tertiary/aromatic N) is 3. The molecule has 0 aliphatic carbocycles. The van der Waals surface area contributed by atoms with Crippen molar-refractivity contribution in [3.05, 3.63) is 73.9 Å². The molecule has 0 radical (unpaired) electrons. The van der Waals surface area contributed by atoms with Gasteiger partial charge in [0.25, 0.3) is 5.91 Å². The summed E-state index contributed by atoms with van der Waals surface area (Å²) in [5.74, 6) is -0.205. The van der Waals surface area contributed by atoms with Gasteiger partial charge in [-0.2, -0.15) is 10.2 Å². The lowest BCUT2D eigenvalue weighted by Gasteiger charge is -2.10. The monoisotopic (exact) mass is 562 g/mol. The highest BCUT2D eigenvalue weighted by Crippen LogP contribution is 2.29. The van der Waals surface area contributed by atoms with E-state index in [2.05, 4.69) is 47.5 Å². The summed E-state index contributed by atoms with van der Waals surface area (Å²) in [6.45, 7) is 3.78. The molecule has 0 fully saturated rings. The number of aryl methyl sites for hydroxylation is 1. The van der Waals surface area contributed by atoms with Crippen molar-refractivity contribution in [2.75, 3.05) is 7.11 Å². The minimum absolute atomic E-state index is 0.0445. The van der Waals surface area contributed by atoms with Gasteiger partial charge in [0.2, 0.25) is 0 Å². The number of hydrogen-bond acceptors (Lipinski definition) is 6. The highest BCUT2D eigenvalue weighted by atomic mass is 79.9. The molecule has 0 spiro atoms. The smallest absolute Gasteiger partial charge is 0.344 e. The van der Waals surface area contributed by atoms with Gasteiger partial charge in [-0.05, 0) is 81.6 Å². The Bertz CT molecular complexity index is 1190. The minimum atomic E-state index is -0.514. The van der Waals surface area contributed by atoms with Gasteiger partial charge in [0.15, 0.2) is 11.5 Å². The van der Waals surface area contributed by atoms with Crippen molar-refractivity contribution in [3.63, 3.8) is 0 Å². The number of aromatic nitrogens is 2. The molecule has 0 unspecified atom stereocenters. The zero-order valence-corrected chi connectivity index (χ0v) is 20.7. The number of ether oxygens (including phenoxy) is 2. The molecule has 1 amide bonds. The van der Waals surface area contributed by atoms with Gasteiger partial charge in [0.05, 0.1) is 34.7 Å². The fourth-order valence-electron chi connectivity index (χ4n) is 2.81. The van der Waals surface area contributed by atoms with E-state index in [0.717, 1.165) is 15.9 Å². The van der Waals surface area contributed by atoms with Gasteiger partial charge in [-0.3, -0.25) is 9.48 Å². The molecule has 10 heteroatoms. The van der Waals surface area contributed by atoms with E-state index in [1.807, 2.05) is 19.9 Å². The van der Waals surface area contributed by atoms with E-state index >= 15 is 0 Å². The standard InChI is InChI=1S/C22H20Br2N4O4/c1-13-21(24)14(2)28(27-13)12-20(29)26-25-11-15-8-9-18(19(10-15)31-3)32-22(30)16-6-4-5-7-17(16)23/h4-11H,12H2,1-3H3,(H,26,29)/b25-11+. The predicted molar refractivity (Wildman–Crippen MR) is 127 cm³/mol. The van der Waals surface area contributed by atoms with Gasteiger partial charge >= 0.3 is 5.97 Å². The first-order valence-electron chi connectivity index (χ1n) is 9.46. The maximum atomic E-state index is 12.4. The highest BCUT2D eigenvalue weighted by Gasteiger charge is 2.15. The second-order valence-electron chi connectivity index (χ2n) is 6.72. The Labute approximate surface area is 201 Å². The third kappa shape index (κ3) is 5.63. The molecule has 0 saturated carbocycles. The van der Waals surface area contributed by atoms with Crippen LogP contribution in [0.15, 0.2) is 56.5 Å². The fourth-order valence-corrected chi connectivity index (χ4v) is 3.54. The van der Waals surface area contributed by atoms with Crippen molar-refractivity contribution in [3.8, 4) is 11.5 Å². The summed E-state index contributed by atoms with van der Waals surface area (Å²) < 4.78 is 13.9.